The van der Waals surface area contributed by atoms with E-state index in [0.29, 0.717) is 29.9 Å². The minimum Gasteiger partial charge on any atom is -0.472 e. The third kappa shape index (κ3) is 3.46. The van der Waals surface area contributed by atoms with E-state index >= 15 is 0 Å². The molecule has 2 aliphatic rings. The third-order valence-electron chi connectivity index (χ3n) is 6.12. The highest BCUT2D eigenvalue weighted by atomic mass is 35.5. The van der Waals surface area contributed by atoms with Gasteiger partial charge in [0.25, 0.3) is 5.91 Å². The van der Waals surface area contributed by atoms with Gasteiger partial charge in [0, 0.05) is 17.6 Å². The van der Waals surface area contributed by atoms with Crippen LogP contribution in [0.5, 0.6) is 5.75 Å². The SMILES string of the molecule is O=C1c2cc(Cc3ccc(Cl)nc3)c3ccccc3c2OCN1C1CCCCC1. The molecule has 0 saturated heterocycles. The normalized spacial score (nSPS) is 17.3. The van der Waals surface area contributed by atoms with Gasteiger partial charge < -0.3 is 9.64 Å². The number of carbonyl (C=O) groups is 1. The lowest BCUT2D eigenvalue weighted by atomic mass is 9.91. The van der Waals surface area contributed by atoms with Crippen LogP contribution in [0.1, 0.15) is 53.6 Å². The summed E-state index contributed by atoms with van der Waals surface area (Å²) in [6, 6.07) is 14.3. The monoisotopic (exact) mass is 406 g/mol. The number of rotatable bonds is 3. The van der Waals surface area contributed by atoms with Crippen molar-refractivity contribution in [1.82, 2.24) is 9.88 Å². The zero-order chi connectivity index (χ0) is 19.8. The summed E-state index contributed by atoms with van der Waals surface area (Å²) in [4.78, 5) is 19.6. The number of fused-ring (bicyclic) bond motifs is 3. The topological polar surface area (TPSA) is 42.4 Å². The van der Waals surface area contributed by atoms with Crippen LogP contribution < -0.4 is 4.74 Å². The molecule has 0 bridgehead atoms. The summed E-state index contributed by atoms with van der Waals surface area (Å²) in [5.74, 6) is 0.815. The van der Waals surface area contributed by atoms with Crippen molar-refractivity contribution in [1.29, 1.82) is 0 Å². The second-order valence-corrected chi connectivity index (χ2v) is 8.35. The van der Waals surface area contributed by atoms with Crippen LogP contribution in [0.15, 0.2) is 48.7 Å². The maximum atomic E-state index is 13.4. The van der Waals surface area contributed by atoms with Gasteiger partial charge >= 0.3 is 0 Å². The van der Waals surface area contributed by atoms with Crippen molar-refractivity contribution in [3.8, 4) is 5.75 Å². The predicted octanol–water partition coefficient (Wildman–Crippen LogP) is 5.60. The Morgan fingerprint density at radius 1 is 1.07 bits per heavy atom. The largest absolute Gasteiger partial charge is 0.472 e. The molecule has 5 heteroatoms. The Hall–Kier alpha value is -2.59. The van der Waals surface area contributed by atoms with Gasteiger partial charge in [-0.2, -0.15) is 0 Å². The predicted molar refractivity (Wildman–Crippen MR) is 115 cm³/mol. The number of halogens is 1. The maximum Gasteiger partial charge on any atom is 0.260 e. The molecule has 2 heterocycles. The molecule has 1 aliphatic heterocycles. The molecule has 1 amide bonds. The van der Waals surface area contributed by atoms with E-state index in [4.69, 9.17) is 16.3 Å². The van der Waals surface area contributed by atoms with Gasteiger partial charge in [0.15, 0.2) is 6.73 Å². The van der Waals surface area contributed by atoms with E-state index in [9.17, 15) is 4.79 Å². The summed E-state index contributed by atoms with van der Waals surface area (Å²) < 4.78 is 6.17. The second-order valence-electron chi connectivity index (χ2n) is 7.96. The van der Waals surface area contributed by atoms with Crippen molar-refractivity contribution in [2.45, 2.75) is 44.6 Å². The number of nitrogens with zero attached hydrogens (tertiary/aromatic N) is 2. The van der Waals surface area contributed by atoms with Crippen LogP contribution in [0.4, 0.5) is 0 Å². The van der Waals surface area contributed by atoms with Crippen molar-refractivity contribution in [2.75, 3.05) is 6.73 Å². The molecule has 1 aliphatic carbocycles. The Morgan fingerprint density at radius 2 is 1.86 bits per heavy atom. The molecule has 3 aromatic rings. The summed E-state index contributed by atoms with van der Waals surface area (Å²) in [6.07, 6.45) is 8.27. The number of pyridine rings is 1. The lowest BCUT2D eigenvalue weighted by Crippen LogP contribution is -2.46. The summed E-state index contributed by atoms with van der Waals surface area (Å²) >= 11 is 5.94. The minimum absolute atomic E-state index is 0.0967. The molecule has 1 aromatic heterocycles. The number of amides is 1. The van der Waals surface area contributed by atoms with Crippen LogP contribution in [0.2, 0.25) is 5.15 Å². The number of ether oxygens (including phenoxy) is 1. The van der Waals surface area contributed by atoms with Crippen LogP contribution in [0.3, 0.4) is 0 Å². The summed E-state index contributed by atoms with van der Waals surface area (Å²) in [5, 5.41) is 2.59. The van der Waals surface area contributed by atoms with Gasteiger partial charge in [-0.05, 0) is 47.9 Å². The first-order valence-electron chi connectivity index (χ1n) is 10.3. The quantitative estimate of drug-likeness (QED) is 0.531. The first-order valence-corrected chi connectivity index (χ1v) is 10.7. The molecule has 0 spiro atoms. The van der Waals surface area contributed by atoms with Crippen LogP contribution >= 0.6 is 11.6 Å². The van der Waals surface area contributed by atoms with Crippen LogP contribution in [0.25, 0.3) is 10.8 Å². The molecular formula is C24H23ClN2O2. The molecule has 2 aromatic carbocycles. The van der Waals surface area contributed by atoms with Gasteiger partial charge in [-0.1, -0.05) is 61.2 Å². The van der Waals surface area contributed by atoms with E-state index < -0.39 is 0 Å². The molecule has 5 rings (SSSR count). The Labute approximate surface area is 175 Å². The summed E-state index contributed by atoms with van der Waals surface area (Å²) in [7, 11) is 0. The van der Waals surface area contributed by atoms with Gasteiger partial charge in [0.2, 0.25) is 0 Å². The first kappa shape index (κ1) is 18.4. The molecule has 1 saturated carbocycles. The second kappa shape index (κ2) is 7.68. The van der Waals surface area contributed by atoms with E-state index in [2.05, 4.69) is 11.1 Å². The molecule has 0 unspecified atom stereocenters. The van der Waals surface area contributed by atoms with Gasteiger partial charge in [0.1, 0.15) is 10.9 Å². The number of aromatic nitrogens is 1. The summed E-state index contributed by atoms with van der Waals surface area (Å²) in [6.45, 7) is 0.348. The zero-order valence-corrected chi connectivity index (χ0v) is 17.0. The van der Waals surface area contributed by atoms with E-state index in [1.54, 1.807) is 12.3 Å². The lowest BCUT2D eigenvalue weighted by Gasteiger charge is -2.37. The van der Waals surface area contributed by atoms with E-state index in [-0.39, 0.29) is 5.91 Å². The van der Waals surface area contributed by atoms with Gasteiger partial charge in [-0.15, -0.1) is 0 Å². The van der Waals surface area contributed by atoms with Gasteiger partial charge in [-0.3, -0.25) is 4.79 Å². The number of benzene rings is 2. The highest BCUT2D eigenvalue weighted by Gasteiger charge is 2.33. The van der Waals surface area contributed by atoms with Gasteiger partial charge in [0.05, 0.1) is 5.56 Å². The Morgan fingerprint density at radius 3 is 2.62 bits per heavy atom. The molecule has 0 N–H and O–H groups in total. The average Bonchev–Trinajstić information content (AvgIpc) is 2.77. The molecule has 4 nitrogen and oxygen atoms in total. The molecule has 0 atom stereocenters. The van der Waals surface area contributed by atoms with Crippen LogP contribution in [0, 0.1) is 0 Å². The fraction of sp³-hybridized carbons (Fsp3) is 0.333. The smallest absolute Gasteiger partial charge is 0.260 e. The minimum atomic E-state index is 0.0967. The van der Waals surface area contributed by atoms with Crippen molar-refractivity contribution >= 4 is 28.3 Å². The summed E-state index contributed by atoms with van der Waals surface area (Å²) in [5.41, 5.74) is 2.84. The fourth-order valence-corrected chi connectivity index (χ4v) is 4.74. The Bertz CT molecular complexity index is 1060. The van der Waals surface area contributed by atoms with E-state index in [1.165, 1.54) is 19.3 Å². The van der Waals surface area contributed by atoms with Gasteiger partial charge in [-0.25, -0.2) is 4.98 Å². The van der Waals surface area contributed by atoms with Crippen molar-refractivity contribution in [3.63, 3.8) is 0 Å². The molecule has 29 heavy (non-hydrogen) atoms. The zero-order valence-electron chi connectivity index (χ0n) is 16.2. The number of carbonyl (C=O) groups excluding carboxylic acids is 1. The number of hydrogen-bond donors (Lipinski definition) is 0. The Kier molecular flexibility index (Phi) is 4.88. The number of hydrogen-bond acceptors (Lipinski definition) is 3. The van der Waals surface area contributed by atoms with E-state index in [0.717, 1.165) is 40.5 Å². The lowest BCUT2D eigenvalue weighted by molar-refractivity contribution is 0.0324. The highest BCUT2D eigenvalue weighted by molar-refractivity contribution is 6.29. The average molecular weight is 407 g/mol. The van der Waals surface area contributed by atoms with E-state index in [1.807, 2.05) is 35.2 Å². The molecule has 1 fully saturated rings. The fourth-order valence-electron chi connectivity index (χ4n) is 4.63. The molecule has 0 radical (unpaired) electrons. The van der Waals surface area contributed by atoms with Crippen molar-refractivity contribution < 1.29 is 9.53 Å². The van der Waals surface area contributed by atoms with Crippen LogP contribution in [-0.4, -0.2) is 28.6 Å². The van der Waals surface area contributed by atoms with Crippen LogP contribution in [-0.2, 0) is 6.42 Å². The molecule has 148 valence electrons. The standard InChI is InChI=1S/C24H23ClN2O2/c25-22-11-10-16(14-26-22)12-17-13-21-23(20-9-5-4-8-19(17)20)29-15-27(24(21)28)18-6-2-1-3-7-18/h4-5,8-11,13-14,18H,1-3,6-7,12,15H2. The van der Waals surface area contributed by atoms with Crippen molar-refractivity contribution in [2.24, 2.45) is 0 Å². The third-order valence-corrected chi connectivity index (χ3v) is 6.34. The first-order chi connectivity index (χ1) is 14.2. The van der Waals surface area contributed by atoms with Crippen molar-refractivity contribution in [3.05, 3.63) is 70.5 Å². The Balaban J connectivity index is 1.57. The maximum absolute atomic E-state index is 13.4. The highest BCUT2D eigenvalue weighted by Crippen LogP contribution is 2.38. The molecular weight excluding hydrogens is 384 g/mol.